The van der Waals surface area contributed by atoms with Crippen molar-refractivity contribution in [2.24, 2.45) is 0 Å². The first-order chi connectivity index (χ1) is 24.3. The molecule has 7 aromatic carbocycles. The van der Waals surface area contributed by atoms with E-state index in [1.165, 1.54) is 26.9 Å². The Bertz CT molecular complexity index is 2660. The van der Waals surface area contributed by atoms with Crippen LogP contribution in [-0.2, 0) is 0 Å². The highest BCUT2D eigenvalue weighted by Gasteiger charge is 2.40. The minimum atomic E-state index is -0.156. The molecule has 1 aromatic heterocycles. The number of nitrogens with zero attached hydrogens (tertiary/aromatic N) is 3. The fourth-order valence-electron chi connectivity index (χ4n) is 7.51. The Morgan fingerprint density at radius 3 is 1.90 bits per heavy atom. The van der Waals surface area contributed by atoms with Crippen molar-refractivity contribution >= 4 is 43.5 Å². The van der Waals surface area contributed by atoms with Gasteiger partial charge in [0.25, 0.3) is 0 Å². The van der Waals surface area contributed by atoms with Crippen LogP contribution in [0.2, 0.25) is 0 Å². The lowest BCUT2D eigenvalue weighted by atomic mass is 9.79. The predicted molar refractivity (Wildman–Crippen MR) is 199 cm³/mol. The number of allylic oxidation sites excluding steroid dienone is 2. The Morgan fingerprint density at radius 2 is 1.06 bits per heavy atom. The molecule has 230 valence electrons. The Hall–Kier alpha value is -6.39. The zero-order valence-electron chi connectivity index (χ0n) is 26.5. The molecule has 2 atom stereocenters. The van der Waals surface area contributed by atoms with Crippen LogP contribution in [0.1, 0.15) is 22.9 Å². The fourth-order valence-corrected chi connectivity index (χ4v) is 7.51. The van der Waals surface area contributed by atoms with E-state index in [0.717, 1.165) is 44.5 Å². The van der Waals surface area contributed by atoms with Crippen LogP contribution in [-0.4, -0.2) is 21.1 Å². The molecule has 0 fully saturated rings. The first-order valence-corrected chi connectivity index (χ1v) is 16.7. The number of benzene rings is 7. The van der Waals surface area contributed by atoms with Crippen LogP contribution < -0.4 is 4.74 Å². The number of hydrogen-bond donors (Lipinski definition) is 0. The number of para-hydroxylation sites is 1. The van der Waals surface area contributed by atoms with Gasteiger partial charge in [-0.1, -0.05) is 140 Å². The van der Waals surface area contributed by atoms with E-state index in [1.54, 1.807) is 0 Å². The zero-order chi connectivity index (χ0) is 32.3. The minimum absolute atomic E-state index is 0.0725. The number of fused-ring (bicyclic) bond motifs is 7. The van der Waals surface area contributed by atoms with E-state index >= 15 is 0 Å². The molecule has 1 aliphatic heterocycles. The Kier molecular flexibility index (Phi) is 6.28. The van der Waals surface area contributed by atoms with E-state index in [9.17, 15) is 0 Å². The molecular formula is C45H29N3O. The number of aromatic nitrogens is 3. The number of rotatable bonds is 4. The Balaban J connectivity index is 1.25. The summed E-state index contributed by atoms with van der Waals surface area (Å²) in [5.74, 6) is 2.77. The van der Waals surface area contributed by atoms with E-state index in [0.29, 0.717) is 17.5 Å². The smallest absolute Gasteiger partial charge is 0.164 e. The third kappa shape index (κ3) is 4.64. The maximum atomic E-state index is 6.52. The summed E-state index contributed by atoms with van der Waals surface area (Å²) < 4.78 is 6.52. The number of ether oxygens (including phenoxy) is 1. The molecule has 0 bridgehead atoms. The Labute approximate surface area is 283 Å². The van der Waals surface area contributed by atoms with Crippen molar-refractivity contribution in [2.75, 3.05) is 0 Å². The van der Waals surface area contributed by atoms with Gasteiger partial charge in [-0.2, -0.15) is 0 Å². The molecule has 10 rings (SSSR count). The van der Waals surface area contributed by atoms with Gasteiger partial charge in [-0.3, -0.25) is 0 Å². The maximum absolute atomic E-state index is 6.52. The lowest BCUT2D eigenvalue weighted by Gasteiger charge is -2.26. The quantitative estimate of drug-likeness (QED) is 0.182. The van der Waals surface area contributed by atoms with Crippen molar-refractivity contribution in [3.8, 4) is 28.5 Å². The molecule has 0 radical (unpaired) electrons. The van der Waals surface area contributed by atoms with Gasteiger partial charge in [0.1, 0.15) is 11.9 Å². The van der Waals surface area contributed by atoms with Gasteiger partial charge < -0.3 is 4.74 Å². The monoisotopic (exact) mass is 627 g/mol. The highest BCUT2D eigenvalue weighted by molar-refractivity contribution is 6.08. The van der Waals surface area contributed by atoms with Crippen LogP contribution in [0.15, 0.2) is 164 Å². The zero-order valence-corrected chi connectivity index (χ0v) is 26.5. The lowest BCUT2D eigenvalue weighted by molar-refractivity contribution is 0.271. The highest BCUT2D eigenvalue weighted by atomic mass is 16.5. The van der Waals surface area contributed by atoms with Gasteiger partial charge in [0.15, 0.2) is 17.5 Å². The summed E-state index contributed by atoms with van der Waals surface area (Å²) in [6, 6.07) is 53.1. The van der Waals surface area contributed by atoms with Crippen LogP contribution >= 0.6 is 0 Å². The first kappa shape index (κ1) is 27.7. The van der Waals surface area contributed by atoms with Gasteiger partial charge >= 0.3 is 0 Å². The second kappa shape index (κ2) is 11.1. The summed E-state index contributed by atoms with van der Waals surface area (Å²) in [5, 5.41) is 7.09. The van der Waals surface area contributed by atoms with Gasteiger partial charge in [0.2, 0.25) is 0 Å². The van der Waals surface area contributed by atoms with Gasteiger partial charge in [-0.05, 0) is 67.7 Å². The molecule has 0 amide bonds. The van der Waals surface area contributed by atoms with E-state index in [4.69, 9.17) is 19.7 Å². The third-order valence-electron chi connectivity index (χ3n) is 9.87. The van der Waals surface area contributed by atoms with E-state index in [-0.39, 0.29) is 12.0 Å². The molecule has 2 heterocycles. The topological polar surface area (TPSA) is 47.9 Å². The molecule has 4 heteroatoms. The van der Waals surface area contributed by atoms with Crippen molar-refractivity contribution in [1.29, 1.82) is 0 Å². The standard InChI is InChI=1S/C45H29N3O/c1-2-11-29(12-3-1)36-24-25-40-41(37-16-8-9-17-39(37)49-40)42(36)45-47-43(33-22-18-28-10-4-5-14-32(28)26-33)46-44(48-45)34-23-21-31-20-19-30-13-6-7-15-35(30)38(31)27-34/h1-27,40-41H. The molecule has 0 saturated heterocycles. The van der Waals surface area contributed by atoms with Crippen LogP contribution in [0.4, 0.5) is 0 Å². The van der Waals surface area contributed by atoms with Crippen molar-refractivity contribution in [2.45, 2.75) is 12.0 Å². The molecule has 4 nitrogen and oxygen atoms in total. The molecule has 2 unspecified atom stereocenters. The Morgan fingerprint density at radius 1 is 0.449 bits per heavy atom. The summed E-state index contributed by atoms with van der Waals surface area (Å²) in [4.78, 5) is 15.8. The average Bonchev–Trinajstić information content (AvgIpc) is 3.56. The van der Waals surface area contributed by atoms with Crippen molar-refractivity contribution in [3.05, 3.63) is 181 Å². The fraction of sp³-hybridized carbons (Fsp3) is 0.0444. The second-order valence-electron chi connectivity index (χ2n) is 12.7. The predicted octanol–water partition coefficient (Wildman–Crippen LogP) is 10.7. The van der Waals surface area contributed by atoms with Gasteiger partial charge in [-0.25, -0.2) is 15.0 Å². The van der Waals surface area contributed by atoms with Gasteiger partial charge in [0.05, 0.1) is 5.92 Å². The minimum Gasteiger partial charge on any atom is -0.485 e. The molecule has 1 aliphatic carbocycles. The largest absolute Gasteiger partial charge is 0.485 e. The highest BCUT2D eigenvalue weighted by Crippen LogP contribution is 2.51. The normalized spacial score (nSPS) is 16.6. The molecular weight excluding hydrogens is 599 g/mol. The average molecular weight is 628 g/mol. The molecule has 2 aliphatic rings. The van der Waals surface area contributed by atoms with Gasteiger partial charge in [0, 0.05) is 22.3 Å². The third-order valence-corrected chi connectivity index (χ3v) is 9.87. The summed E-state index contributed by atoms with van der Waals surface area (Å²) in [6.45, 7) is 0. The van der Waals surface area contributed by atoms with E-state index in [1.807, 2.05) is 6.07 Å². The molecule has 0 N–H and O–H groups in total. The van der Waals surface area contributed by atoms with E-state index in [2.05, 4.69) is 158 Å². The summed E-state index contributed by atoms with van der Waals surface area (Å²) in [7, 11) is 0. The summed E-state index contributed by atoms with van der Waals surface area (Å²) in [6.07, 6.45) is 4.20. The van der Waals surface area contributed by atoms with Crippen LogP contribution in [0.5, 0.6) is 5.75 Å². The van der Waals surface area contributed by atoms with Crippen LogP contribution in [0.25, 0.3) is 66.2 Å². The molecule has 49 heavy (non-hydrogen) atoms. The molecule has 0 saturated carbocycles. The second-order valence-corrected chi connectivity index (χ2v) is 12.7. The van der Waals surface area contributed by atoms with E-state index < -0.39 is 0 Å². The van der Waals surface area contributed by atoms with Crippen molar-refractivity contribution in [3.63, 3.8) is 0 Å². The van der Waals surface area contributed by atoms with Crippen molar-refractivity contribution in [1.82, 2.24) is 15.0 Å². The molecule has 0 spiro atoms. The number of hydrogen-bond acceptors (Lipinski definition) is 4. The lowest BCUT2D eigenvalue weighted by Crippen LogP contribution is -2.22. The van der Waals surface area contributed by atoms with Crippen LogP contribution in [0, 0.1) is 0 Å². The first-order valence-electron chi connectivity index (χ1n) is 16.7. The maximum Gasteiger partial charge on any atom is 0.164 e. The SMILES string of the molecule is C1=CC2Oc3ccccc3C2C(c2nc(-c3ccc4ccccc4c3)nc(-c3ccc4ccc5ccccc5c4c3)n2)=C1c1ccccc1. The van der Waals surface area contributed by atoms with Gasteiger partial charge in [-0.15, -0.1) is 0 Å². The van der Waals surface area contributed by atoms with Crippen molar-refractivity contribution < 1.29 is 4.74 Å². The summed E-state index contributed by atoms with van der Waals surface area (Å²) >= 11 is 0. The van der Waals surface area contributed by atoms with Crippen LogP contribution in [0.3, 0.4) is 0 Å². The molecule has 8 aromatic rings. The summed E-state index contributed by atoms with van der Waals surface area (Å²) in [5.41, 5.74) is 6.29.